The molecule has 0 spiro atoms. The van der Waals surface area contributed by atoms with Crippen molar-refractivity contribution in [1.82, 2.24) is 19.7 Å². The molecule has 2 saturated heterocycles. The summed E-state index contributed by atoms with van der Waals surface area (Å²) in [5, 5.41) is 6.83. The predicted octanol–water partition coefficient (Wildman–Crippen LogP) is 2.53. The fourth-order valence-electron chi connectivity index (χ4n) is 4.55. The molecule has 1 aromatic heterocycles. The van der Waals surface area contributed by atoms with Gasteiger partial charge in [0.1, 0.15) is 11.5 Å². The number of rotatable bonds is 9. The van der Waals surface area contributed by atoms with Crippen molar-refractivity contribution in [1.29, 1.82) is 0 Å². The van der Waals surface area contributed by atoms with Crippen LogP contribution in [0, 0.1) is 18.7 Å². The van der Waals surface area contributed by atoms with E-state index in [-0.39, 0.29) is 41.3 Å². The lowest BCUT2D eigenvalue weighted by Gasteiger charge is -2.30. The first kappa shape index (κ1) is 26.5. The van der Waals surface area contributed by atoms with Crippen LogP contribution >= 0.6 is 0 Å². The zero-order valence-corrected chi connectivity index (χ0v) is 21.3. The summed E-state index contributed by atoms with van der Waals surface area (Å²) in [6, 6.07) is 6.18. The molecule has 2 fully saturated rings. The van der Waals surface area contributed by atoms with Crippen LogP contribution in [0.15, 0.2) is 33.7 Å². The van der Waals surface area contributed by atoms with Crippen molar-refractivity contribution in [2.24, 2.45) is 5.92 Å². The van der Waals surface area contributed by atoms with Gasteiger partial charge in [-0.05, 0) is 50.9 Å². The molecule has 0 bridgehead atoms. The number of benzene rings is 1. The molecule has 1 N–H and O–H groups in total. The molecule has 3 heterocycles. The Hall–Kier alpha value is -2.60. The Kier molecular flexibility index (Phi) is 8.89. The van der Waals surface area contributed by atoms with Crippen molar-refractivity contribution in [3.05, 3.63) is 47.1 Å². The van der Waals surface area contributed by atoms with Crippen LogP contribution < -0.4 is 5.32 Å². The SMILES string of the molecule is Cc1noc(C=Cc2ccccc2F)c1S(=O)(=O)N1CCC(C(=O)NCCCN2CCOCC2)CC1. The van der Waals surface area contributed by atoms with Crippen LogP contribution in [-0.4, -0.2) is 81.2 Å². The number of ether oxygens (including phenoxy) is 1. The second-order valence-electron chi connectivity index (χ2n) is 9.09. The van der Waals surface area contributed by atoms with Crippen LogP contribution in [0.3, 0.4) is 0 Å². The molecule has 2 aliphatic rings. The van der Waals surface area contributed by atoms with Crippen LogP contribution in [0.4, 0.5) is 4.39 Å². The Bertz CT molecular complexity index is 1170. The quantitative estimate of drug-likeness (QED) is 0.507. The Morgan fingerprint density at radius 2 is 1.89 bits per heavy atom. The molecule has 196 valence electrons. The highest BCUT2D eigenvalue weighted by Crippen LogP contribution is 2.29. The van der Waals surface area contributed by atoms with Gasteiger partial charge in [0.2, 0.25) is 15.9 Å². The molecule has 2 aromatic rings. The van der Waals surface area contributed by atoms with E-state index in [0.29, 0.717) is 24.9 Å². The maximum atomic E-state index is 13.9. The predicted molar refractivity (Wildman–Crippen MR) is 133 cm³/mol. The summed E-state index contributed by atoms with van der Waals surface area (Å²) in [5.74, 6) is -0.612. The third kappa shape index (κ3) is 6.39. The van der Waals surface area contributed by atoms with E-state index in [2.05, 4.69) is 15.4 Å². The number of sulfonamides is 1. The Morgan fingerprint density at radius 3 is 2.61 bits per heavy atom. The first-order valence-electron chi connectivity index (χ1n) is 12.3. The molecule has 9 nitrogen and oxygen atoms in total. The number of carbonyl (C=O) groups excluding carboxylic acids is 1. The van der Waals surface area contributed by atoms with Crippen molar-refractivity contribution >= 4 is 28.1 Å². The maximum absolute atomic E-state index is 13.9. The molecule has 0 unspecified atom stereocenters. The number of piperidine rings is 1. The summed E-state index contributed by atoms with van der Waals surface area (Å²) in [4.78, 5) is 14.9. The average molecular weight is 521 g/mol. The van der Waals surface area contributed by atoms with Crippen LogP contribution in [0.25, 0.3) is 12.2 Å². The fraction of sp³-hybridized carbons (Fsp3) is 0.520. The standard InChI is InChI=1S/C25H33FN4O5S/c1-19-24(23(35-28-19)8-7-20-5-2-3-6-22(20)26)36(32,33)30-13-9-21(10-14-30)25(31)27-11-4-12-29-15-17-34-18-16-29/h2-3,5-8,21H,4,9-18H2,1H3,(H,27,31). The minimum absolute atomic E-state index is 0.0244. The number of halogens is 1. The van der Waals surface area contributed by atoms with Gasteiger partial charge in [0.25, 0.3) is 0 Å². The molecule has 36 heavy (non-hydrogen) atoms. The van der Waals surface area contributed by atoms with E-state index < -0.39 is 15.8 Å². The number of morpholine rings is 1. The largest absolute Gasteiger partial charge is 0.379 e. The number of carbonyl (C=O) groups is 1. The second kappa shape index (κ2) is 12.1. The number of hydrogen-bond acceptors (Lipinski definition) is 7. The first-order chi connectivity index (χ1) is 17.4. The molecule has 0 atom stereocenters. The summed E-state index contributed by atoms with van der Waals surface area (Å²) < 4.78 is 52.7. The smallest absolute Gasteiger partial charge is 0.248 e. The summed E-state index contributed by atoms with van der Waals surface area (Å²) >= 11 is 0. The summed E-state index contributed by atoms with van der Waals surface area (Å²) in [6.07, 6.45) is 4.64. The molecule has 11 heteroatoms. The number of aryl methyl sites for hydroxylation is 1. The van der Waals surface area contributed by atoms with Crippen LogP contribution in [0.5, 0.6) is 0 Å². The highest BCUT2D eigenvalue weighted by molar-refractivity contribution is 7.89. The van der Waals surface area contributed by atoms with Crippen LogP contribution in [0.2, 0.25) is 0 Å². The number of amides is 1. The normalized spacial score (nSPS) is 18.6. The number of nitrogens with one attached hydrogen (secondary N) is 1. The molecular weight excluding hydrogens is 487 g/mol. The average Bonchev–Trinajstić information content (AvgIpc) is 3.27. The minimum Gasteiger partial charge on any atom is -0.379 e. The van der Waals surface area contributed by atoms with Crippen molar-refractivity contribution < 1.29 is 26.9 Å². The van der Waals surface area contributed by atoms with E-state index >= 15 is 0 Å². The molecular formula is C25H33FN4O5S. The van der Waals surface area contributed by atoms with Crippen LogP contribution in [-0.2, 0) is 19.6 Å². The third-order valence-electron chi connectivity index (χ3n) is 6.63. The molecule has 0 radical (unpaired) electrons. The number of nitrogens with zero attached hydrogens (tertiary/aromatic N) is 3. The van der Waals surface area contributed by atoms with E-state index in [1.165, 1.54) is 22.5 Å². The van der Waals surface area contributed by atoms with E-state index in [9.17, 15) is 17.6 Å². The van der Waals surface area contributed by atoms with Gasteiger partial charge in [0.05, 0.1) is 13.2 Å². The molecule has 4 rings (SSSR count). The van der Waals surface area contributed by atoms with Crippen molar-refractivity contribution in [2.75, 3.05) is 52.5 Å². The summed E-state index contributed by atoms with van der Waals surface area (Å²) in [7, 11) is -3.89. The molecule has 0 saturated carbocycles. The number of hydrogen-bond donors (Lipinski definition) is 1. The third-order valence-corrected chi connectivity index (χ3v) is 8.69. The molecule has 1 aromatic carbocycles. The lowest BCUT2D eigenvalue weighted by Crippen LogP contribution is -2.43. The highest BCUT2D eigenvalue weighted by Gasteiger charge is 2.35. The lowest BCUT2D eigenvalue weighted by atomic mass is 9.97. The Balaban J connectivity index is 1.31. The zero-order valence-electron chi connectivity index (χ0n) is 20.5. The molecule has 2 aliphatic heterocycles. The highest BCUT2D eigenvalue weighted by atomic mass is 32.2. The lowest BCUT2D eigenvalue weighted by molar-refractivity contribution is -0.126. The molecule has 0 aliphatic carbocycles. The summed E-state index contributed by atoms with van der Waals surface area (Å²) in [6.45, 7) is 6.91. The maximum Gasteiger partial charge on any atom is 0.248 e. The topological polar surface area (TPSA) is 105 Å². The number of aromatic nitrogens is 1. The van der Waals surface area contributed by atoms with Gasteiger partial charge in [-0.15, -0.1) is 0 Å². The Labute approximate surface area is 211 Å². The van der Waals surface area contributed by atoms with Gasteiger partial charge in [0, 0.05) is 44.2 Å². The van der Waals surface area contributed by atoms with E-state index in [1.807, 2.05) is 0 Å². The van der Waals surface area contributed by atoms with Gasteiger partial charge in [-0.3, -0.25) is 9.69 Å². The van der Waals surface area contributed by atoms with Gasteiger partial charge >= 0.3 is 0 Å². The van der Waals surface area contributed by atoms with Gasteiger partial charge in [-0.1, -0.05) is 23.4 Å². The Morgan fingerprint density at radius 1 is 1.17 bits per heavy atom. The fourth-order valence-corrected chi connectivity index (χ4v) is 6.27. The zero-order chi connectivity index (χ0) is 25.5. The van der Waals surface area contributed by atoms with E-state index in [0.717, 1.165) is 39.3 Å². The minimum atomic E-state index is -3.89. The van der Waals surface area contributed by atoms with Gasteiger partial charge in [-0.2, -0.15) is 4.31 Å². The first-order valence-corrected chi connectivity index (χ1v) is 13.8. The van der Waals surface area contributed by atoms with E-state index in [4.69, 9.17) is 9.26 Å². The summed E-state index contributed by atoms with van der Waals surface area (Å²) in [5.41, 5.74) is 0.551. The second-order valence-corrected chi connectivity index (χ2v) is 11.0. The van der Waals surface area contributed by atoms with Crippen molar-refractivity contribution in [3.8, 4) is 0 Å². The van der Waals surface area contributed by atoms with Gasteiger partial charge in [0.15, 0.2) is 10.7 Å². The van der Waals surface area contributed by atoms with Crippen molar-refractivity contribution in [3.63, 3.8) is 0 Å². The van der Waals surface area contributed by atoms with Gasteiger partial charge in [-0.25, -0.2) is 12.8 Å². The van der Waals surface area contributed by atoms with Gasteiger partial charge < -0.3 is 14.6 Å². The monoisotopic (exact) mass is 520 g/mol. The molecule has 1 amide bonds. The van der Waals surface area contributed by atoms with Crippen LogP contribution in [0.1, 0.15) is 36.3 Å². The van der Waals surface area contributed by atoms with E-state index in [1.54, 1.807) is 25.1 Å². The van der Waals surface area contributed by atoms with Crippen molar-refractivity contribution in [2.45, 2.75) is 31.1 Å².